The Morgan fingerprint density at radius 3 is 2.77 bits per heavy atom. The standard InChI is InChI=1S/C10H14FNO/c1-3-13-9-6-4-5-8(11)10(9)7(2)12/h4-7H,3,12H2,1-2H3/t7-/m0/s1. The lowest BCUT2D eigenvalue weighted by Gasteiger charge is -2.13. The third-order valence-corrected chi connectivity index (χ3v) is 1.77. The SMILES string of the molecule is CCOc1cccc(F)c1[C@H](C)N. The Labute approximate surface area is 77.5 Å². The minimum Gasteiger partial charge on any atom is -0.493 e. The van der Waals surface area contributed by atoms with Gasteiger partial charge in [-0.3, -0.25) is 0 Å². The first-order valence-electron chi connectivity index (χ1n) is 4.33. The Hall–Kier alpha value is -1.09. The average molecular weight is 183 g/mol. The van der Waals surface area contributed by atoms with Crippen LogP contribution in [-0.4, -0.2) is 6.61 Å². The summed E-state index contributed by atoms with van der Waals surface area (Å²) in [6, 6.07) is 4.39. The van der Waals surface area contributed by atoms with Crippen LogP contribution in [0.4, 0.5) is 4.39 Å². The molecular weight excluding hydrogens is 169 g/mol. The quantitative estimate of drug-likeness (QED) is 0.780. The molecule has 0 amide bonds. The highest BCUT2D eigenvalue weighted by atomic mass is 19.1. The highest BCUT2D eigenvalue weighted by molar-refractivity contribution is 5.36. The first-order chi connectivity index (χ1) is 6.16. The second-order valence-electron chi connectivity index (χ2n) is 2.87. The van der Waals surface area contributed by atoms with Crippen molar-refractivity contribution >= 4 is 0 Å². The molecule has 0 spiro atoms. The van der Waals surface area contributed by atoms with Crippen LogP contribution in [0, 0.1) is 5.82 Å². The molecule has 1 aromatic rings. The van der Waals surface area contributed by atoms with Crippen LogP contribution in [-0.2, 0) is 0 Å². The van der Waals surface area contributed by atoms with Gasteiger partial charge in [0.1, 0.15) is 11.6 Å². The van der Waals surface area contributed by atoms with E-state index in [-0.39, 0.29) is 11.9 Å². The second-order valence-corrected chi connectivity index (χ2v) is 2.87. The van der Waals surface area contributed by atoms with E-state index in [2.05, 4.69) is 0 Å². The Balaban J connectivity index is 3.10. The Kier molecular flexibility index (Phi) is 3.25. The van der Waals surface area contributed by atoms with Crippen molar-refractivity contribution in [2.45, 2.75) is 19.9 Å². The summed E-state index contributed by atoms with van der Waals surface area (Å²) in [7, 11) is 0. The molecule has 0 saturated heterocycles. The fourth-order valence-electron chi connectivity index (χ4n) is 1.24. The molecule has 0 heterocycles. The fourth-order valence-corrected chi connectivity index (χ4v) is 1.24. The second kappa shape index (κ2) is 4.23. The lowest BCUT2D eigenvalue weighted by molar-refractivity contribution is 0.331. The summed E-state index contributed by atoms with van der Waals surface area (Å²) in [6.07, 6.45) is 0. The van der Waals surface area contributed by atoms with Gasteiger partial charge in [-0.05, 0) is 26.0 Å². The monoisotopic (exact) mass is 183 g/mol. The number of ether oxygens (including phenoxy) is 1. The molecule has 0 saturated carbocycles. The van der Waals surface area contributed by atoms with Gasteiger partial charge in [-0.2, -0.15) is 0 Å². The molecule has 0 aliphatic carbocycles. The van der Waals surface area contributed by atoms with Crippen molar-refractivity contribution in [1.29, 1.82) is 0 Å². The molecule has 0 aliphatic rings. The van der Waals surface area contributed by atoms with Crippen LogP contribution in [0.15, 0.2) is 18.2 Å². The molecular formula is C10H14FNO. The van der Waals surface area contributed by atoms with Gasteiger partial charge in [0.05, 0.1) is 6.61 Å². The molecule has 2 N–H and O–H groups in total. The topological polar surface area (TPSA) is 35.2 Å². The van der Waals surface area contributed by atoms with E-state index >= 15 is 0 Å². The van der Waals surface area contributed by atoms with Crippen molar-refractivity contribution in [3.8, 4) is 5.75 Å². The van der Waals surface area contributed by atoms with Crippen LogP contribution < -0.4 is 10.5 Å². The molecule has 72 valence electrons. The maximum atomic E-state index is 13.3. The largest absolute Gasteiger partial charge is 0.493 e. The lowest BCUT2D eigenvalue weighted by atomic mass is 10.1. The zero-order valence-electron chi connectivity index (χ0n) is 7.88. The van der Waals surface area contributed by atoms with Crippen molar-refractivity contribution < 1.29 is 9.13 Å². The van der Waals surface area contributed by atoms with E-state index in [1.165, 1.54) is 6.07 Å². The molecule has 2 nitrogen and oxygen atoms in total. The van der Waals surface area contributed by atoms with Gasteiger partial charge in [-0.1, -0.05) is 6.07 Å². The van der Waals surface area contributed by atoms with Crippen LogP contribution >= 0.6 is 0 Å². The number of halogens is 1. The summed E-state index contributed by atoms with van der Waals surface area (Å²) in [5.74, 6) is 0.235. The van der Waals surface area contributed by atoms with E-state index in [9.17, 15) is 4.39 Å². The van der Waals surface area contributed by atoms with E-state index < -0.39 is 0 Å². The Morgan fingerprint density at radius 1 is 1.54 bits per heavy atom. The van der Waals surface area contributed by atoms with Crippen LogP contribution in [0.25, 0.3) is 0 Å². The van der Waals surface area contributed by atoms with Crippen LogP contribution in [0.1, 0.15) is 25.5 Å². The van der Waals surface area contributed by atoms with E-state index in [0.717, 1.165) is 0 Å². The summed E-state index contributed by atoms with van der Waals surface area (Å²) in [5.41, 5.74) is 6.07. The van der Waals surface area contributed by atoms with Gasteiger partial charge in [-0.25, -0.2) is 4.39 Å². The van der Waals surface area contributed by atoms with Gasteiger partial charge in [0.2, 0.25) is 0 Å². The van der Waals surface area contributed by atoms with Crippen molar-refractivity contribution in [1.82, 2.24) is 0 Å². The molecule has 3 heteroatoms. The normalized spacial score (nSPS) is 12.6. The minimum absolute atomic E-state index is 0.305. The molecule has 1 aromatic carbocycles. The molecule has 1 rings (SSSR count). The Bertz CT molecular complexity index is 286. The highest BCUT2D eigenvalue weighted by Crippen LogP contribution is 2.26. The average Bonchev–Trinajstić information content (AvgIpc) is 2.04. The van der Waals surface area contributed by atoms with E-state index in [1.54, 1.807) is 19.1 Å². The third-order valence-electron chi connectivity index (χ3n) is 1.77. The molecule has 0 radical (unpaired) electrons. The maximum absolute atomic E-state index is 13.3. The van der Waals surface area contributed by atoms with E-state index in [1.807, 2.05) is 6.92 Å². The summed E-state index contributed by atoms with van der Waals surface area (Å²) < 4.78 is 18.5. The van der Waals surface area contributed by atoms with Crippen molar-refractivity contribution in [3.63, 3.8) is 0 Å². The minimum atomic E-state index is -0.345. The number of benzene rings is 1. The fraction of sp³-hybridized carbons (Fsp3) is 0.400. The molecule has 13 heavy (non-hydrogen) atoms. The number of rotatable bonds is 3. The first kappa shape index (κ1) is 9.99. The predicted molar refractivity (Wildman–Crippen MR) is 50.2 cm³/mol. The van der Waals surface area contributed by atoms with E-state index in [0.29, 0.717) is 17.9 Å². The van der Waals surface area contributed by atoms with Gasteiger partial charge < -0.3 is 10.5 Å². The molecule has 0 bridgehead atoms. The maximum Gasteiger partial charge on any atom is 0.131 e. The van der Waals surface area contributed by atoms with Crippen LogP contribution in [0.5, 0.6) is 5.75 Å². The van der Waals surface area contributed by atoms with Gasteiger partial charge in [0.15, 0.2) is 0 Å². The van der Waals surface area contributed by atoms with Crippen LogP contribution in [0.2, 0.25) is 0 Å². The highest BCUT2D eigenvalue weighted by Gasteiger charge is 2.12. The molecule has 0 unspecified atom stereocenters. The smallest absolute Gasteiger partial charge is 0.131 e. The summed E-state index contributed by atoms with van der Waals surface area (Å²) in [4.78, 5) is 0. The van der Waals surface area contributed by atoms with Gasteiger partial charge in [0.25, 0.3) is 0 Å². The summed E-state index contributed by atoms with van der Waals surface area (Å²) in [5, 5.41) is 0. The van der Waals surface area contributed by atoms with Gasteiger partial charge in [-0.15, -0.1) is 0 Å². The molecule has 0 fully saturated rings. The number of hydrogen-bond acceptors (Lipinski definition) is 2. The van der Waals surface area contributed by atoms with E-state index in [4.69, 9.17) is 10.5 Å². The molecule has 0 aliphatic heterocycles. The summed E-state index contributed by atoms with van der Waals surface area (Å²) >= 11 is 0. The molecule has 0 aromatic heterocycles. The third kappa shape index (κ3) is 2.18. The number of hydrogen-bond donors (Lipinski definition) is 1. The number of nitrogens with two attached hydrogens (primary N) is 1. The summed E-state index contributed by atoms with van der Waals surface area (Å²) in [6.45, 7) is 4.11. The first-order valence-corrected chi connectivity index (χ1v) is 4.33. The van der Waals surface area contributed by atoms with Gasteiger partial charge in [0, 0.05) is 11.6 Å². The predicted octanol–water partition coefficient (Wildman–Crippen LogP) is 2.24. The zero-order chi connectivity index (χ0) is 9.84. The molecule has 1 atom stereocenters. The Morgan fingerprint density at radius 2 is 2.23 bits per heavy atom. The van der Waals surface area contributed by atoms with Gasteiger partial charge >= 0.3 is 0 Å². The zero-order valence-corrected chi connectivity index (χ0v) is 7.88. The lowest BCUT2D eigenvalue weighted by Crippen LogP contribution is -2.10. The van der Waals surface area contributed by atoms with Crippen molar-refractivity contribution in [3.05, 3.63) is 29.6 Å². The van der Waals surface area contributed by atoms with Crippen LogP contribution in [0.3, 0.4) is 0 Å². The van der Waals surface area contributed by atoms with Crippen molar-refractivity contribution in [2.24, 2.45) is 5.73 Å². The van der Waals surface area contributed by atoms with Crippen molar-refractivity contribution in [2.75, 3.05) is 6.61 Å².